The molecule has 0 aliphatic rings. The second kappa shape index (κ2) is 8.71. The van der Waals surface area contributed by atoms with Gasteiger partial charge in [-0.25, -0.2) is 4.98 Å². The molecular weight excluding hydrogens is 336 g/mol. The minimum Gasteiger partial charge on any atom is -0.496 e. The Morgan fingerprint density at radius 1 is 1.36 bits per heavy atom. The number of nitrogens with one attached hydrogen (secondary N) is 1. The van der Waals surface area contributed by atoms with Crippen LogP contribution in [0.15, 0.2) is 28.0 Å². The lowest BCUT2D eigenvalue weighted by Crippen LogP contribution is -2.08. The first-order valence-corrected chi connectivity index (χ1v) is 9.02. The summed E-state index contributed by atoms with van der Waals surface area (Å²) in [5, 5.41) is 3.33. The Bertz CT molecular complexity index is 765. The highest BCUT2D eigenvalue weighted by Crippen LogP contribution is 2.40. The summed E-state index contributed by atoms with van der Waals surface area (Å²) in [7, 11) is 1.61. The van der Waals surface area contributed by atoms with Crippen molar-refractivity contribution in [1.29, 1.82) is 0 Å². The smallest absolute Gasteiger partial charge is 0.222 e. The third-order valence-corrected chi connectivity index (χ3v) is 4.89. The zero-order valence-corrected chi connectivity index (χ0v) is 15.9. The van der Waals surface area contributed by atoms with E-state index in [9.17, 15) is 4.79 Å². The molecule has 2 rings (SSSR count). The van der Waals surface area contributed by atoms with E-state index in [1.807, 2.05) is 13.0 Å². The molecule has 0 atom stereocenters. The molecule has 2 aromatic rings. The predicted octanol–water partition coefficient (Wildman–Crippen LogP) is 3.94. The van der Waals surface area contributed by atoms with Crippen molar-refractivity contribution >= 4 is 29.3 Å². The molecule has 0 aliphatic heterocycles. The van der Waals surface area contributed by atoms with E-state index in [0.29, 0.717) is 17.1 Å². The molecule has 0 radical (unpaired) electrons. The highest BCUT2D eigenvalue weighted by Gasteiger charge is 2.16. The molecule has 0 saturated carbocycles. The molecule has 0 amide bonds. The Labute approximate surface area is 152 Å². The molecule has 0 aliphatic carbocycles. The van der Waals surface area contributed by atoms with Crippen LogP contribution in [-0.4, -0.2) is 29.4 Å². The Kier molecular flexibility index (Phi) is 6.64. The molecule has 0 saturated heterocycles. The molecule has 1 heterocycles. The van der Waals surface area contributed by atoms with Crippen molar-refractivity contribution in [3.8, 4) is 5.75 Å². The third-order valence-electron chi connectivity index (χ3n) is 3.66. The van der Waals surface area contributed by atoms with Crippen LogP contribution >= 0.6 is 11.8 Å². The van der Waals surface area contributed by atoms with Gasteiger partial charge in [-0.05, 0) is 38.5 Å². The summed E-state index contributed by atoms with van der Waals surface area (Å²) < 4.78 is 5.44. The minimum atomic E-state index is 0.0103. The summed E-state index contributed by atoms with van der Waals surface area (Å²) in [6.07, 6.45) is 2.12. The summed E-state index contributed by atoms with van der Waals surface area (Å²) in [5.74, 6) is 1.66. The van der Waals surface area contributed by atoms with Gasteiger partial charge < -0.3 is 15.8 Å². The zero-order valence-electron chi connectivity index (χ0n) is 15.0. The van der Waals surface area contributed by atoms with Crippen molar-refractivity contribution < 1.29 is 9.53 Å². The number of rotatable bonds is 8. The average Bonchev–Trinajstić information content (AvgIpc) is 2.57. The second-order valence-corrected chi connectivity index (χ2v) is 6.70. The van der Waals surface area contributed by atoms with E-state index in [0.717, 1.165) is 34.9 Å². The zero-order chi connectivity index (χ0) is 18.4. The van der Waals surface area contributed by atoms with Gasteiger partial charge in [0, 0.05) is 12.1 Å². The van der Waals surface area contributed by atoms with Crippen LogP contribution in [0.3, 0.4) is 0 Å². The quantitative estimate of drug-likeness (QED) is 0.544. The number of ketones is 1. The van der Waals surface area contributed by atoms with Gasteiger partial charge in [0.15, 0.2) is 5.78 Å². The van der Waals surface area contributed by atoms with E-state index < -0.39 is 0 Å². The van der Waals surface area contributed by atoms with E-state index in [1.54, 1.807) is 26.2 Å². The number of aryl methyl sites for hydroxylation is 1. The summed E-state index contributed by atoms with van der Waals surface area (Å²) >= 11 is 1.47. The number of nitrogen functional groups attached to an aromatic ring is 1. The predicted molar refractivity (Wildman–Crippen MR) is 102 cm³/mol. The van der Waals surface area contributed by atoms with Gasteiger partial charge in [0.05, 0.1) is 22.6 Å². The minimum absolute atomic E-state index is 0.0103. The Morgan fingerprint density at radius 3 is 2.76 bits per heavy atom. The maximum atomic E-state index is 11.7. The van der Waals surface area contributed by atoms with Crippen molar-refractivity contribution in [3.63, 3.8) is 0 Å². The van der Waals surface area contributed by atoms with Gasteiger partial charge in [-0.1, -0.05) is 25.1 Å². The number of anilines is 2. The molecule has 1 aromatic heterocycles. The number of ether oxygens (including phenoxy) is 1. The number of nitrogens with zero attached hydrogens (tertiary/aromatic N) is 2. The number of carbonyl (C=O) groups excluding carboxylic acids is 1. The first-order valence-electron chi connectivity index (χ1n) is 8.21. The lowest BCUT2D eigenvalue weighted by atomic mass is 10.1. The van der Waals surface area contributed by atoms with Gasteiger partial charge in [0.2, 0.25) is 5.95 Å². The highest BCUT2D eigenvalue weighted by atomic mass is 32.2. The monoisotopic (exact) mass is 360 g/mol. The summed E-state index contributed by atoms with van der Waals surface area (Å²) in [4.78, 5) is 22.0. The van der Waals surface area contributed by atoms with Crippen LogP contribution in [0.4, 0.5) is 11.8 Å². The molecule has 1 aromatic carbocycles. The molecule has 3 N–H and O–H groups in total. The van der Waals surface area contributed by atoms with E-state index >= 15 is 0 Å². The Morgan fingerprint density at radius 2 is 2.12 bits per heavy atom. The van der Waals surface area contributed by atoms with Gasteiger partial charge in [-0.3, -0.25) is 4.79 Å². The van der Waals surface area contributed by atoms with Crippen LogP contribution < -0.4 is 15.8 Å². The fraction of sp³-hybridized carbons (Fsp3) is 0.389. The number of methoxy groups -OCH3 is 1. The van der Waals surface area contributed by atoms with Crippen molar-refractivity contribution in [3.05, 3.63) is 29.5 Å². The van der Waals surface area contributed by atoms with Crippen molar-refractivity contribution in [2.75, 3.05) is 24.7 Å². The number of unbranched alkanes of at least 4 members (excludes halogenated alkanes) is 1. The summed E-state index contributed by atoms with van der Waals surface area (Å²) in [6.45, 7) is 6.39. The van der Waals surface area contributed by atoms with Gasteiger partial charge in [0.1, 0.15) is 11.6 Å². The van der Waals surface area contributed by atoms with Crippen molar-refractivity contribution in [2.45, 2.75) is 43.4 Å². The molecule has 7 heteroatoms. The van der Waals surface area contributed by atoms with Crippen molar-refractivity contribution in [1.82, 2.24) is 9.97 Å². The maximum absolute atomic E-state index is 11.7. The summed E-state index contributed by atoms with van der Waals surface area (Å²) in [5.41, 5.74) is 7.23. The largest absolute Gasteiger partial charge is 0.496 e. The fourth-order valence-corrected chi connectivity index (χ4v) is 3.36. The SMILES string of the molecule is CCCCNc1nc(N)nc(C)c1Sc1cc(C(C)=O)ccc1OC. The second-order valence-electron chi connectivity index (χ2n) is 5.65. The number of nitrogens with two attached hydrogens (primary N) is 1. The number of aromatic nitrogens is 2. The lowest BCUT2D eigenvalue weighted by molar-refractivity contribution is 0.101. The molecule has 134 valence electrons. The fourth-order valence-electron chi connectivity index (χ4n) is 2.30. The van der Waals surface area contributed by atoms with E-state index in [2.05, 4.69) is 22.2 Å². The normalized spacial score (nSPS) is 10.6. The van der Waals surface area contributed by atoms with Crippen LogP contribution in [0.1, 0.15) is 42.7 Å². The third kappa shape index (κ3) is 4.85. The average molecular weight is 360 g/mol. The van der Waals surface area contributed by atoms with Crippen LogP contribution in [0.5, 0.6) is 5.75 Å². The number of hydrogen-bond acceptors (Lipinski definition) is 7. The van der Waals surface area contributed by atoms with E-state index in [1.165, 1.54) is 11.8 Å². The lowest BCUT2D eigenvalue weighted by Gasteiger charge is -2.15. The topological polar surface area (TPSA) is 90.1 Å². The maximum Gasteiger partial charge on any atom is 0.222 e. The summed E-state index contributed by atoms with van der Waals surface area (Å²) in [6, 6.07) is 5.40. The van der Waals surface area contributed by atoms with Crippen LogP contribution in [0, 0.1) is 6.92 Å². The van der Waals surface area contributed by atoms with Crippen LogP contribution in [-0.2, 0) is 0 Å². The van der Waals surface area contributed by atoms with Crippen LogP contribution in [0.2, 0.25) is 0 Å². The standard InChI is InChI=1S/C18H24N4O2S/c1-5-6-9-20-17-16(11(2)21-18(19)22-17)25-15-10-13(12(3)23)7-8-14(15)24-4/h7-8,10H,5-6,9H2,1-4H3,(H3,19,20,21,22). The molecule has 0 unspecified atom stereocenters. The Balaban J connectivity index is 2.42. The number of Topliss-reactive ketones (excluding diaryl/α,β-unsaturated/α-hetero) is 1. The van der Waals surface area contributed by atoms with Crippen LogP contribution in [0.25, 0.3) is 0 Å². The first kappa shape index (κ1) is 19.1. The van der Waals surface area contributed by atoms with Gasteiger partial charge in [0.25, 0.3) is 0 Å². The van der Waals surface area contributed by atoms with Gasteiger partial charge >= 0.3 is 0 Å². The number of hydrogen-bond donors (Lipinski definition) is 2. The van der Waals surface area contributed by atoms with Crippen molar-refractivity contribution in [2.24, 2.45) is 0 Å². The molecule has 0 spiro atoms. The first-order chi connectivity index (χ1) is 12.0. The highest BCUT2D eigenvalue weighted by molar-refractivity contribution is 7.99. The molecule has 0 bridgehead atoms. The molecule has 25 heavy (non-hydrogen) atoms. The van der Waals surface area contributed by atoms with E-state index in [4.69, 9.17) is 10.5 Å². The molecule has 6 nitrogen and oxygen atoms in total. The number of carbonyl (C=O) groups is 1. The molecular formula is C18H24N4O2S. The molecule has 0 fully saturated rings. The van der Waals surface area contributed by atoms with Gasteiger partial charge in [-0.2, -0.15) is 4.98 Å². The Hall–Kier alpha value is -2.28. The van der Waals surface area contributed by atoms with E-state index in [-0.39, 0.29) is 11.7 Å². The van der Waals surface area contributed by atoms with Gasteiger partial charge in [-0.15, -0.1) is 0 Å². The number of benzene rings is 1.